The lowest BCUT2D eigenvalue weighted by Crippen LogP contribution is -2.14. The number of nitrogens with zero attached hydrogens (tertiary/aromatic N) is 1. The van der Waals surface area contributed by atoms with E-state index in [1.54, 1.807) is 0 Å². The summed E-state index contributed by atoms with van der Waals surface area (Å²) in [6.45, 7) is 0. The van der Waals surface area contributed by atoms with E-state index in [4.69, 9.17) is 11.6 Å². The van der Waals surface area contributed by atoms with Crippen molar-refractivity contribution in [3.63, 3.8) is 0 Å². The van der Waals surface area contributed by atoms with E-state index in [0.29, 0.717) is 6.07 Å². The normalized spacial score (nSPS) is 12.2. The molecule has 0 spiro atoms. The Kier molecular flexibility index (Phi) is 4.69. The van der Waals surface area contributed by atoms with Gasteiger partial charge in [0.1, 0.15) is 10.0 Å². The minimum atomic E-state index is -4.56. The molecule has 22 heavy (non-hydrogen) atoms. The number of benzene rings is 1. The number of alkyl halides is 3. The van der Waals surface area contributed by atoms with Crippen LogP contribution in [0.2, 0.25) is 5.15 Å². The number of sulfonamides is 1. The number of pyridine rings is 1. The Morgan fingerprint density at radius 3 is 2.50 bits per heavy atom. The van der Waals surface area contributed by atoms with Crippen molar-refractivity contribution in [2.45, 2.75) is 11.1 Å². The quantitative estimate of drug-likeness (QED) is 0.760. The monoisotopic (exact) mass is 414 g/mol. The van der Waals surface area contributed by atoms with E-state index in [0.717, 1.165) is 18.3 Å². The van der Waals surface area contributed by atoms with Crippen molar-refractivity contribution < 1.29 is 21.6 Å². The Labute approximate surface area is 137 Å². The smallest absolute Gasteiger partial charge is 0.280 e. The number of halogens is 5. The molecule has 0 aliphatic carbocycles. The number of rotatable bonds is 3. The first-order valence-corrected chi connectivity index (χ1v) is 8.26. The van der Waals surface area contributed by atoms with Gasteiger partial charge < -0.3 is 0 Å². The number of aromatic nitrogens is 1. The molecule has 0 aliphatic rings. The molecule has 1 N–H and O–H groups in total. The zero-order valence-corrected chi connectivity index (χ0v) is 13.7. The number of hydrogen-bond donors (Lipinski definition) is 1. The van der Waals surface area contributed by atoms with E-state index in [2.05, 4.69) is 25.6 Å². The van der Waals surface area contributed by atoms with Crippen molar-refractivity contribution in [2.75, 3.05) is 4.72 Å². The molecule has 0 saturated carbocycles. The van der Waals surface area contributed by atoms with Crippen molar-refractivity contribution in [2.24, 2.45) is 0 Å². The lowest BCUT2D eigenvalue weighted by molar-refractivity contribution is -0.137. The summed E-state index contributed by atoms with van der Waals surface area (Å²) < 4.78 is 64.4. The van der Waals surface area contributed by atoms with Crippen LogP contribution in [0.25, 0.3) is 0 Å². The number of anilines is 1. The average Bonchev–Trinajstić information content (AvgIpc) is 2.40. The molecule has 1 aromatic carbocycles. The highest BCUT2D eigenvalue weighted by molar-refractivity contribution is 9.10. The van der Waals surface area contributed by atoms with Gasteiger partial charge in [-0.3, -0.25) is 4.72 Å². The van der Waals surface area contributed by atoms with Crippen LogP contribution >= 0.6 is 27.5 Å². The molecule has 118 valence electrons. The first-order valence-electron chi connectivity index (χ1n) is 5.61. The fraction of sp³-hybridized carbons (Fsp3) is 0.0833. The summed E-state index contributed by atoms with van der Waals surface area (Å²) in [5.41, 5.74) is -1.16. The van der Waals surface area contributed by atoms with Gasteiger partial charge in [-0.25, -0.2) is 13.4 Å². The molecule has 0 amide bonds. The van der Waals surface area contributed by atoms with E-state index < -0.39 is 21.8 Å². The summed E-state index contributed by atoms with van der Waals surface area (Å²) in [5.74, 6) is 0. The fourth-order valence-corrected chi connectivity index (χ4v) is 3.15. The summed E-state index contributed by atoms with van der Waals surface area (Å²) in [6.07, 6.45) is -3.56. The van der Waals surface area contributed by atoms with Crippen LogP contribution in [0, 0.1) is 0 Å². The minimum Gasteiger partial charge on any atom is -0.280 e. The Bertz CT molecular complexity index is 812. The van der Waals surface area contributed by atoms with Crippen LogP contribution in [0.3, 0.4) is 0 Å². The van der Waals surface area contributed by atoms with E-state index in [9.17, 15) is 21.6 Å². The maximum absolute atomic E-state index is 12.6. The van der Waals surface area contributed by atoms with Crippen molar-refractivity contribution in [3.05, 3.63) is 51.7 Å². The maximum Gasteiger partial charge on any atom is 0.416 e. The lowest BCUT2D eigenvalue weighted by Gasteiger charge is -2.11. The third kappa shape index (κ3) is 3.90. The van der Waals surface area contributed by atoms with Crippen LogP contribution < -0.4 is 4.72 Å². The van der Waals surface area contributed by atoms with Gasteiger partial charge in [0.05, 0.1) is 10.0 Å². The number of hydrogen-bond acceptors (Lipinski definition) is 3. The van der Waals surface area contributed by atoms with Crippen molar-refractivity contribution in [1.82, 2.24) is 4.98 Å². The van der Waals surface area contributed by atoms with Crippen LogP contribution in [0.1, 0.15) is 5.56 Å². The van der Waals surface area contributed by atoms with Crippen molar-refractivity contribution >= 4 is 43.2 Å². The van der Waals surface area contributed by atoms with Crippen LogP contribution in [0.5, 0.6) is 0 Å². The highest BCUT2D eigenvalue weighted by Crippen LogP contribution is 2.31. The standard InChI is InChI=1S/C12H7BrClF3N2O2S/c13-10-5-9(6-18-11(10)14)22(20,21)19-8-3-1-2-7(4-8)12(15,16)17/h1-6,19H. The Morgan fingerprint density at radius 1 is 1.23 bits per heavy atom. The molecular weight excluding hydrogens is 409 g/mol. The van der Waals surface area contributed by atoms with Gasteiger partial charge in [0.25, 0.3) is 10.0 Å². The van der Waals surface area contributed by atoms with Crippen LogP contribution in [-0.2, 0) is 16.2 Å². The van der Waals surface area contributed by atoms with Gasteiger partial charge >= 0.3 is 6.18 Å². The van der Waals surface area contributed by atoms with Gasteiger partial charge in [0, 0.05) is 11.9 Å². The molecule has 4 nitrogen and oxygen atoms in total. The first-order chi connectivity index (χ1) is 10.1. The van der Waals surface area contributed by atoms with Gasteiger partial charge in [-0.2, -0.15) is 13.2 Å². The predicted octanol–water partition coefficient (Wildman–Crippen LogP) is 4.32. The minimum absolute atomic E-state index is 0.0676. The molecule has 0 fully saturated rings. The van der Waals surface area contributed by atoms with E-state index in [-0.39, 0.29) is 20.2 Å². The van der Waals surface area contributed by atoms with Gasteiger partial charge in [-0.05, 0) is 40.2 Å². The predicted molar refractivity (Wildman–Crippen MR) is 79.2 cm³/mol. The summed E-state index contributed by atoms with van der Waals surface area (Å²) in [5, 5.41) is 0.0676. The van der Waals surface area contributed by atoms with Gasteiger partial charge in [0.2, 0.25) is 0 Å². The molecule has 1 heterocycles. The topological polar surface area (TPSA) is 59.1 Å². The maximum atomic E-state index is 12.6. The molecular formula is C12H7BrClF3N2O2S. The second kappa shape index (κ2) is 6.05. The van der Waals surface area contributed by atoms with E-state index in [1.165, 1.54) is 12.1 Å². The third-order valence-electron chi connectivity index (χ3n) is 2.52. The summed E-state index contributed by atoms with van der Waals surface area (Å²) in [4.78, 5) is 3.43. The molecule has 2 aromatic rings. The van der Waals surface area contributed by atoms with Gasteiger partial charge in [-0.1, -0.05) is 17.7 Å². The van der Waals surface area contributed by atoms with Crippen molar-refractivity contribution in [1.29, 1.82) is 0 Å². The highest BCUT2D eigenvalue weighted by Gasteiger charge is 2.30. The van der Waals surface area contributed by atoms with Crippen LogP contribution in [-0.4, -0.2) is 13.4 Å². The van der Waals surface area contributed by atoms with Crippen LogP contribution in [0.15, 0.2) is 45.9 Å². The Hall–Kier alpha value is -1.32. The van der Waals surface area contributed by atoms with E-state index in [1.807, 2.05) is 0 Å². The molecule has 0 bridgehead atoms. The Balaban J connectivity index is 2.35. The highest BCUT2D eigenvalue weighted by atomic mass is 79.9. The van der Waals surface area contributed by atoms with Gasteiger partial charge in [0.15, 0.2) is 0 Å². The summed E-state index contributed by atoms with van der Waals surface area (Å²) in [6, 6.07) is 5.07. The third-order valence-corrected chi connectivity index (χ3v) is 5.01. The second-order valence-electron chi connectivity index (χ2n) is 4.13. The summed E-state index contributed by atoms with van der Waals surface area (Å²) in [7, 11) is -4.08. The van der Waals surface area contributed by atoms with E-state index >= 15 is 0 Å². The molecule has 0 aliphatic heterocycles. The van der Waals surface area contributed by atoms with Gasteiger partial charge in [-0.15, -0.1) is 0 Å². The molecule has 0 radical (unpaired) electrons. The zero-order chi connectivity index (χ0) is 16.5. The molecule has 0 atom stereocenters. The fourth-order valence-electron chi connectivity index (χ4n) is 1.52. The average molecular weight is 416 g/mol. The summed E-state index contributed by atoms with van der Waals surface area (Å²) >= 11 is 8.69. The molecule has 0 unspecified atom stereocenters. The molecule has 1 aromatic heterocycles. The Morgan fingerprint density at radius 2 is 1.91 bits per heavy atom. The van der Waals surface area contributed by atoms with Crippen molar-refractivity contribution in [3.8, 4) is 0 Å². The molecule has 2 rings (SSSR count). The zero-order valence-electron chi connectivity index (χ0n) is 10.5. The second-order valence-corrected chi connectivity index (χ2v) is 7.02. The molecule has 10 heteroatoms. The first kappa shape index (κ1) is 17.0. The molecule has 0 saturated heterocycles. The van der Waals surface area contributed by atoms with Crippen LogP contribution in [0.4, 0.5) is 18.9 Å². The lowest BCUT2D eigenvalue weighted by atomic mass is 10.2. The largest absolute Gasteiger partial charge is 0.416 e. The SMILES string of the molecule is O=S(=O)(Nc1cccc(C(F)(F)F)c1)c1cnc(Cl)c(Br)c1. The number of nitrogens with one attached hydrogen (secondary N) is 1.